The Morgan fingerprint density at radius 3 is 2.39 bits per heavy atom. The number of ether oxygens (including phenoxy) is 1. The van der Waals surface area contributed by atoms with E-state index in [9.17, 15) is 8.78 Å². The summed E-state index contributed by atoms with van der Waals surface area (Å²) in [6, 6.07) is 10.4. The summed E-state index contributed by atoms with van der Waals surface area (Å²) in [7, 11) is 0. The number of nitrogens with two attached hydrogens (primary N) is 1. The summed E-state index contributed by atoms with van der Waals surface area (Å²) in [5.41, 5.74) is 6.70. The van der Waals surface area contributed by atoms with Crippen molar-refractivity contribution in [2.24, 2.45) is 5.73 Å². The minimum absolute atomic E-state index is 0.149. The Kier molecular flexibility index (Phi) is 3.89. The summed E-state index contributed by atoms with van der Waals surface area (Å²) in [5.74, 6) is -0.0624. The van der Waals surface area contributed by atoms with Crippen molar-refractivity contribution in [1.82, 2.24) is 0 Å². The lowest BCUT2D eigenvalue weighted by atomic mass is 10.1. The molecule has 94 valence electrons. The predicted octanol–water partition coefficient (Wildman–Crippen LogP) is 3.00. The maximum absolute atomic E-state index is 13.2. The Labute approximate surface area is 104 Å². The molecule has 2 aromatic rings. The summed E-state index contributed by atoms with van der Waals surface area (Å²) < 4.78 is 31.4. The number of benzene rings is 2. The van der Waals surface area contributed by atoms with Crippen LogP contribution in [-0.4, -0.2) is 0 Å². The van der Waals surface area contributed by atoms with Crippen LogP contribution in [0.5, 0.6) is 5.75 Å². The largest absolute Gasteiger partial charge is 0.489 e. The minimum atomic E-state index is -0.317. The van der Waals surface area contributed by atoms with Gasteiger partial charge >= 0.3 is 0 Å². The van der Waals surface area contributed by atoms with Gasteiger partial charge in [-0.25, -0.2) is 8.78 Å². The highest BCUT2D eigenvalue weighted by Crippen LogP contribution is 2.15. The Balaban J connectivity index is 2.04. The van der Waals surface area contributed by atoms with Gasteiger partial charge in [-0.05, 0) is 42.0 Å². The van der Waals surface area contributed by atoms with Crippen molar-refractivity contribution in [3.8, 4) is 5.75 Å². The van der Waals surface area contributed by atoms with Gasteiger partial charge in [0.1, 0.15) is 24.0 Å². The molecule has 2 aromatic carbocycles. The molecular weight excluding hydrogens is 236 g/mol. The van der Waals surface area contributed by atoms with Crippen molar-refractivity contribution in [3.63, 3.8) is 0 Å². The van der Waals surface area contributed by atoms with E-state index in [2.05, 4.69) is 0 Å². The van der Waals surface area contributed by atoms with Crippen molar-refractivity contribution >= 4 is 0 Å². The highest BCUT2D eigenvalue weighted by molar-refractivity contribution is 5.26. The van der Waals surface area contributed by atoms with Crippen LogP contribution in [0.3, 0.4) is 0 Å². The first-order valence-electron chi connectivity index (χ1n) is 5.55. The van der Waals surface area contributed by atoms with Crippen LogP contribution >= 0.6 is 0 Å². The van der Waals surface area contributed by atoms with Gasteiger partial charge < -0.3 is 10.5 Å². The molecule has 0 bridgehead atoms. The van der Waals surface area contributed by atoms with Crippen molar-refractivity contribution in [2.75, 3.05) is 0 Å². The molecule has 0 radical (unpaired) electrons. The van der Waals surface area contributed by atoms with E-state index in [4.69, 9.17) is 10.5 Å². The Hall–Kier alpha value is -1.94. The fourth-order valence-corrected chi connectivity index (χ4v) is 1.57. The predicted molar refractivity (Wildman–Crippen MR) is 65.0 cm³/mol. The maximum Gasteiger partial charge on any atom is 0.127 e. The Bertz CT molecular complexity index is 526. The summed E-state index contributed by atoms with van der Waals surface area (Å²) in [5, 5.41) is 0. The molecule has 2 N–H and O–H groups in total. The molecular formula is C14H13F2NO. The molecule has 0 heterocycles. The standard InChI is InChI=1S/C14H13F2NO/c15-12-2-4-13(5-3-12)18-9-10-1-6-14(16)11(7-10)8-17/h1-7H,8-9,17H2. The quantitative estimate of drug-likeness (QED) is 0.904. The molecule has 2 nitrogen and oxygen atoms in total. The lowest BCUT2D eigenvalue weighted by Gasteiger charge is -2.08. The third kappa shape index (κ3) is 3.05. The molecule has 0 aromatic heterocycles. The topological polar surface area (TPSA) is 35.2 Å². The highest BCUT2D eigenvalue weighted by Gasteiger charge is 2.03. The van der Waals surface area contributed by atoms with Crippen LogP contribution in [0.15, 0.2) is 42.5 Å². The van der Waals surface area contributed by atoms with Crippen LogP contribution < -0.4 is 10.5 Å². The first-order chi connectivity index (χ1) is 8.69. The van der Waals surface area contributed by atoms with E-state index >= 15 is 0 Å². The highest BCUT2D eigenvalue weighted by atomic mass is 19.1. The lowest BCUT2D eigenvalue weighted by Crippen LogP contribution is -2.02. The monoisotopic (exact) mass is 249 g/mol. The van der Waals surface area contributed by atoms with E-state index < -0.39 is 0 Å². The van der Waals surface area contributed by atoms with Crippen molar-refractivity contribution in [2.45, 2.75) is 13.2 Å². The van der Waals surface area contributed by atoms with Gasteiger partial charge in [-0.2, -0.15) is 0 Å². The maximum atomic E-state index is 13.2. The average Bonchev–Trinajstić information content (AvgIpc) is 2.39. The number of hydrogen-bond acceptors (Lipinski definition) is 2. The van der Waals surface area contributed by atoms with E-state index in [-0.39, 0.29) is 18.2 Å². The average molecular weight is 249 g/mol. The second kappa shape index (κ2) is 5.60. The van der Waals surface area contributed by atoms with Crippen LogP contribution in [-0.2, 0) is 13.2 Å². The summed E-state index contributed by atoms with van der Waals surface area (Å²) >= 11 is 0. The summed E-state index contributed by atoms with van der Waals surface area (Å²) in [4.78, 5) is 0. The van der Waals surface area contributed by atoms with Crippen molar-refractivity contribution in [1.29, 1.82) is 0 Å². The smallest absolute Gasteiger partial charge is 0.127 e. The molecule has 0 aliphatic heterocycles. The van der Waals surface area contributed by atoms with Gasteiger partial charge in [0.2, 0.25) is 0 Å². The second-order valence-corrected chi connectivity index (χ2v) is 3.87. The van der Waals surface area contributed by atoms with Crippen LogP contribution in [0.2, 0.25) is 0 Å². The van der Waals surface area contributed by atoms with Gasteiger partial charge in [0.25, 0.3) is 0 Å². The number of halogens is 2. The molecule has 0 spiro atoms. The zero-order valence-corrected chi connectivity index (χ0v) is 9.70. The molecule has 2 rings (SSSR count). The van der Waals surface area contributed by atoms with E-state index in [0.717, 1.165) is 5.56 Å². The molecule has 0 unspecified atom stereocenters. The van der Waals surface area contributed by atoms with E-state index in [1.807, 2.05) is 0 Å². The molecule has 0 fully saturated rings. The fourth-order valence-electron chi connectivity index (χ4n) is 1.57. The van der Waals surface area contributed by atoms with Gasteiger partial charge in [0.15, 0.2) is 0 Å². The van der Waals surface area contributed by atoms with Gasteiger partial charge in [-0.3, -0.25) is 0 Å². The van der Waals surface area contributed by atoms with Crippen molar-refractivity contribution in [3.05, 3.63) is 65.2 Å². The second-order valence-electron chi connectivity index (χ2n) is 3.87. The van der Waals surface area contributed by atoms with E-state index in [1.165, 1.54) is 18.2 Å². The van der Waals surface area contributed by atoms with E-state index in [0.29, 0.717) is 17.9 Å². The molecule has 0 saturated carbocycles. The third-order valence-corrected chi connectivity index (χ3v) is 2.55. The first-order valence-corrected chi connectivity index (χ1v) is 5.55. The number of rotatable bonds is 4. The molecule has 0 saturated heterocycles. The molecule has 0 aliphatic carbocycles. The first kappa shape index (κ1) is 12.5. The van der Waals surface area contributed by atoms with Crippen LogP contribution in [0, 0.1) is 11.6 Å². The fraction of sp³-hybridized carbons (Fsp3) is 0.143. The van der Waals surface area contributed by atoms with Gasteiger partial charge in [-0.15, -0.1) is 0 Å². The third-order valence-electron chi connectivity index (χ3n) is 2.55. The van der Waals surface area contributed by atoms with Crippen LogP contribution in [0.25, 0.3) is 0 Å². The van der Waals surface area contributed by atoms with Crippen LogP contribution in [0.1, 0.15) is 11.1 Å². The Morgan fingerprint density at radius 2 is 1.72 bits per heavy atom. The zero-order valence-electron chi connectivity index (χ0n) is 9.70. The van der Waals surface area contributed by atoms with Gasteiger partial charge in [0, 0.05) is 12.1 Å². The molecule has 0 atom stereocenters. The van der Waals surface area contributed by atoms with E-state index in [1.54, 1.807) is 24.3 Å². The minimum Gasteiger partial charge on any atom is -0.489 e. The summed E-state index contributed by atoms with van der Waals surface area (Å²) in [6.07, 6.45) is 0. The molecule has 18 heavy (non-hydrogen) atoms. The molecule has 4 heteroatoms. The zero-order chi connectivity index (χ0) is 13.0. The van der Waals surface area contributed by atoms with Crippen molar-refractivity contribution < 1.29 is 13.5 Å². The SMILES string of the molecule is NCc1cc(COc2ccc(F)cc2)ccc1F. The lowest BCUT2D eigenvalue weighted by molar-refractivity contribution is 0.305. The number of hydrogen-bond donors (Lipinski definition) is 1. The van der Waals surface area contributed by atoms with Gasteiger partial charge in [-0.1, -0.05) is 6.07 Å². The normalized spacial score (nSPS) is 10.4. The summed E-state index contributed by atoms with van der Waals surface area (Å²) in [6.45, 7) is 0.440. The molecule has 0 amide bonds. The Morgan fingerprint density at radius 1 is 1.00 bits per heavy atom. The van der Waals surface area contributed by atoms with Crippen LogP contribution in [0.4, 0.5) is 8.78 Å². The molecule has 0 aliphatic rings. The van der Waals surface area contributed by atoms with Gasteiger partial charge in [0.05, 0.1) is 0 Å².